The average molecular weight is 210 g/mol. The van der Waals surface area contributed by atoms with Crippen LogP contribution in [0.5, 0.6) is 0 Å². The van der Waals surface area contributed by atoms with Gasteiger partial charge in [-0.05, 0) is 25.2 Å². The molecule has 2 rings (SSSR count). The molecule has 84 valence electrons. The van der Waals surface area contributed by atoms with Gasteiger partial charge in [-0.25, -0.2) is 0 Å². The summed E-state index contributed by atoms with van der Waals surface area (Å²) in [5.74, 6) is 0.499. The van der Waals surface area contributed by atoms with Gasteiger partial charge in [0.25, 0.3) is 0 Å². The van der Waals surface area contributed by atoms with Crippen molar-refractivity contribution in [1.29, 1.82) is 0 Å². The number of carbonyl (C=O) groups excluding carboxylic acids is 2. The van der Waals surface area contributed by atoms with Crippen LogP contribution in [0.2, 0.25) is 0 Å². The predicted octanol–water partition coefficient (Wildman–Crippen LogP) is 1.94. The van der Waals surface area contributed by atoms with Crippen LogP contribution in [0.3, 0.4) is 0 Å². The van der Waals surface area contributed by atoms with E-state index in [-0.39, 0.29) is 16.8 Å². The van der Waals surface area contributed by atoms with E-state index in [9.17, 15) is 9.59 Å². The van der Waals surface area contributed by atoms with Crippen LogP contribution in [0.1, 0.15) is 40.0 Å². The normalized spacial score (nSPS) is 37.0. The molecular weight excluding hydrogens is 192 g/mol. The molecule has 0 heterocycles. The van der Waals surface area contributed by atoms with Crippen molar-refractivity contribution in [3.8, 4) is 0 Å². The number of fused-ring (bicyclic) bond motifs is 2. The van der Waals surface area contributed by atoms with E-state index in [2.05, 4.69) is 0 Å². The van der Waals surface area contributed by atoms with Crippen molar-refractivity contribution >= 4 is 11.8 Å². The van der Waals surface area contributed by atoms with Crippen molar-refractivity contribution in [2.24, 2.45) is 16.7 Å². The highest BCUT2D eigenvalue weighted by atomic mass is 16.5. The first-order valence-electron chi connectivity index (χ1n) is 5.57. The summed E-state index contributed by atoms with van der Waals surface area (Å²) in [7, 11) is 0. The lowest BCUT2D eigenvalue weighted by Gasteiger charge is -2.32. The minimum atomic E-state index is -0.347. The van der Waals surface area contributed by atoms with Gasteiger partial charge >= 0.3 is 5.97 Å². The minimum Gasteiger partial charge on any atom is -0.465 e. The molecule has 0 aromatic carbocycles. The highest BCUT2D eigenvalue weighted by molar-refractivity contribution is 5.93. The van der Waals surface area contributed by atoms with Gasteiger partial charge in [0.05, 0.1) is 5.41 Å². The standard InChI is InChI=1S/C12H18O3/c1-8(13)15-7-12-5-4-9(6-12)11(2,3)10(12)14/h9H,4-7H2,1-3H3. The van der Waals surface area contributed by atoms with Gasteiger partial charge in [-0.3, -0.25) is 9.59 Å². The van der Waals surface area contributed by atoms with Crippen molar-refractivity contribution in [2.75, 3.05) is 6.61 Å². The van der Waals surface area contributed by atoms with Crippen LogP contribution in [0.25, 0.3) is 0 Å². The Morgan fingerprint density at radius 1 is 1.53 bits per heavy atom. The summed E-state index contributed by atoms with van der Waals surface area (Å²) in [6.07, 6.45) is 2.90. The zero-order valence-corrected chi connectivity index (χ0v) is 9.63. The smallest absolute Gasteiger partial charge is 0.302 e. The summed E-state index contributed by atoms with van der Waals surface area (Å²) >= 11 is 0. The molecule has 0 N–H and O–H groups in total. The van der Waals surface area contributed by atoms with Gasteiger partial charge in [-0.1, -0.05) is 13.8 Å². The fourth-order valence-electron chi connectivity index (χ4n) is 3.25. The SMILES string of the molecule is CC(=O)OCC12CCC(C1)C(C)(C)C2=O. The Morgan fingerprint density at radius 2 is 2.20 bits per heavy atom. The molecule has 2 aliphatic rings. The predicted molar refractivity (Wildman–Crippen MR) is 55.2 cm³/mol. The van der Waals surface area contributed by atoms with Crippen LogP contribution >= 0.6 is 0 Å². The van der Waals surface area contributed by atoms with E-state index in [1.165, 1.54) is 6.92 Å². The fraction of sp³-hybridized carbons (Fsp3) is 0.833. The van der Waals surface area contributed by atoms with Gasteiger partial charge in [0, 0.05) is 12.3 Å². The third-order valence-corrected chi connectivity index (χ3v) is 4.25. The largest absolute Gasteiger partial charge is 0.465 e. The first-order chi connectivity index (χ1) is 6.88. The summed E-state index contributed by atoms with van der Waals surface area (Å²) in [6, 6.07) is 0. The third-order valence-electron chi connectivity index (χ3n) is 4.25. The molecule has 2 unspecified atom stereocenters. The summed E-state index contributed by atoms with van der Waals surface area (Å²) in [5.41, 5.74) is -0.557. The molecule has 3 nitrogen and oxygen atoms in total. The van der Waals surface area contributed by atoms with E-state index in [0.717, 1.165) is 19.3 Å². The summed E-state index contributed by atoms with van der Waals surface area (Å²) in [4.78, 5) is 23.0. The molecular formula is C12H18O3. The second kappa shape index (κ2) is 3.06. The molecule has 2 bridgehead atoms. The van der Waals surface area contributed by atoms with Crippen molar-refractivity contribution in [3.05, 3.63) is 0 Å². The van der Waals surface area contributed by atoms with E-state index in [4.69, 9.17) is 4.74 Å². The number of hydrogen-bond acceptors (Lipinski definition) is 3. The first-order valence-corrected chi connectivity index (χ1v) is 5.57. The Hall–Kier alpha value is -0.860. The quantitative estimate of drug-likeness (QED) is 0.654. The lowest BCUT2D eigenvalue weighted by molar-refractivity contribution is -0.149. The molecule has 2 aliphatic carbocycles. The lowest BCUT2D eigenvalue weighted by atomic mass is 9.71. The molecule has 0 saturated heterocycles. The van der Waals surface area contributed by atoms with Gasteiger partial charge in [-0.2, -0.15) is 0 Å². The van der Waals surface area contributed by atoms with Crippen LogP contribution in [0.15, 0.2) is 0 Å². The molecule has 2 atom stereocenters. The highest BCUT2D eigenvalue weighted by Crippen LogP contribution is 2.60. The van der Waals surface area contributed by atoms with Crippen LogP contribution < -0.4 is 0 Å². The average Bonchev–Trinajstić information content (AvgIpc) is 2.65. The van der Waals surface area contributed by atoms with E-state index in [1.54, 1.807) is 0 Å². The molecule has 2 saturated carbocycles. The molecule has 0 amide bonds. The highest BCUT2D eigenvalue weighted by Gasteiger charge is 2.61. The zero-order valence-electron chi connectivity index (χ0n) is 9.63. The summed E-state index contributed by atoms with van der Waals surface area (Å²) in [5, 5.41) is 0. The van der Waals surface area contributed by atoms with Gasteiger partial charge in [0.1, 0.15) is 12.4 Å². The number of ketones is 1. The molecule has 0 spiro atoms. The molecule has 0 aromatic rings. The number of hydrogen-bond donors (Lipinski definition) is 0. The van der Waals surface area contributed by atoms with Crippen LogP contribution in [0.4, 0.5) is 0 Å². The fourth-order valence-corrected chi connectivity index (χ4v) is 3.25. The second-order valence-corrected chi connectivity index (χ2v) is 5.55. The molecule has 0 aromatic heterocycles. The zero-order chi connectivity index (χ0) is 11.3. The molecule has 0 radical (unpaired) electrons. The Bertz CT molecular complexity index is 319. The number of ether oxygens (including phenoxy) is 1. The van der Waals surface area contributed by atoms with Crippen molar-refractivity contribution in [2.45, 2.75) is 40.0 Å². The number of esters is 1. The maximum Gasteiger partial charge on any atom is 0.302 e. The van der Waals surface area contributed by atoms with Gasteiger partial charge in [0.2, 0.25) is 0 Å². The lowest BCUT2D eigenvalue weighted by Crippen LogP contribution is -2.40. The molecule has 3 heteroatoms. The van der Waals surface area contributed by atoms with Crippen molar-refractivity contribution < 1.29 is 14.3 Å². The van der Waals surface area contributed by atoms with Crippen LogP contribution in [-0.2, 0) is 14.3 Å². The van der Waals surface area contributed by atoms with E-state index >= 15 is 0 Å². The maximum atomic E-state index is 12.2. The summed E-state index contributed by atoms with van der Waals surface area (Å²) < 4.78 is 5.05. The van der Waals surface area contributed by atoms with Gasteiger partial charge in [-0.15, -0.1) is 0 Å². The van der Waals surface area contributed by atoms with E-state index in [1.807, 2.05) is 13.8 Å². The Kier molecular flexibility index (Phi) is 2.18. The Balaban J connectivity index is 2.16. The monoisotopic (exact) mass is 210 g/mol. The van der Waals surface area contributed by atoms with Crippen molar-refractivity contribution in [1.82, 2.24) is 0 Å². The Labute approximate surface area is 90.2 Å². The summed E-state index contributed by atoms with van der Waals surface area (Å²) in [6.45, 7) is 5.73. The molecule has 0 aliphatic heterocycles. The topological polar surface area (TPSA) is 43.4 Å². The van der Waals surface area contributed by atoms with Crippen LogP contribution in [-0.4, -0.2) is 18.4 Å². The third kappa shape index (κ3) is 1.40. The van der Waals surface area contributed by atoms with Gasteiger partial charge < -0.3 is 4.74 Å². The van der Waals surface area contributed by atoms with E-state index in [0.29, 0.717) is 18.3 Å². The molecule has 2 fully saturated rings. The van der Waals surface area contributed by atoms with E-state index < -0.39 is 0 Å². The second-order valence-electron chi connectivity index (χ2n) is 5.55. The number of carbonyl (C=O) groups is 2. The number of rotatable bonds is 2. The van der Waals surface area contributed by atoms with Crippen LogP contribution in [0, 0.1) is 16.7 Å². The maximum absolute atomic E-state index is 12.2. The molecule has 15 heavy (non-hydrogen) atoms. The minimum absolute atomic E-state index is 0.210. The van der Waals surface area contributed by atoms with Crippen molar-refractivity contribution in [3.63, 3.8) is 0 Å². The first kappa shape index (κ1) is 10.7. The number of Topliss-reactive ketones (excluding diaryl/α,β-unsaturated/α-hetero) is 1. The van der Waals surface area contributed by atoms with Gasteiger partial charge in [0.15, 0.2) is 0 Å². The Morgan fingerprint density at radius 3 is 2.67 bits per heavy atom.